The SMILES string of the molecule is CC.CSOCCCCCCCCCCCCCCCCn1c(C)nc2c1c(=O)[nH]c(=O)n2C. The molecule has 0 aliphatic carbocycles. The topological polar surface area (TPSA) is 81.9 Å². The number of aromatic nitrogens is 4. The molecule has 8 heteroatoms. The van der Waals surface area contributed by atoms with Crippen LogP contribution in [-0.4, -0.2) is 32.0 Å². The standard InChI is InChI=1S/C24H42N4O3S.C2H6/c1-20-25-22-21(23(29)26-24(30)27(22)2)28(20)18-16-14-12-10-8-6-4-5-7-9-11-13-15-17-19-31-32-3;1-2/h4-19H2,1-3H3,(H,26,29,30);1-2H3. The molecular weight excluding hydrogens is 448 g/mol. The third-order valence-electron chi connectivity index (χ3n) is 6.18. The van der Waals surface area contributed by atoms with Gasteiger partial charge in [0.05, 0.1) is 6.61 Å². The normalized spacial score (nSPS) is 11.1. The van der Waals surface area contributed by atoms with Crippen LogP contribution in [0.2, 0.25) is 0 Å². The van der Waals surface area contributed by atoms with Crippen molar-refractivity contribution in [3.05, 3.63) is 26.7 Å². The van der Waals surface area contributed by atoms with Crippen molar-refractivity contribution < 1.29 is 4.18 Å². The largest absolute Gasteiger partial charge is 0.329 e. The average Bonchev–Trinajstić information content (AvgIpc) is 3.17. The number of nitrogens with one attached hydrogen (secondary N) is 1. The number of hydrogen-bond acceptors (Lipinski definition) is 5. The van der Waals surface area contributed by atoms with E-state index in [1.165, 1.54) is 93.7 Å². The average molecular weight is 497 g/mol. The van der Waals surface area contributed by atoms with Crippen molar-refractivity contribution >= 4 is 23.2 Å². The summed E-state index contributed by atoms with van der Waals surface area (Å²) in [4.78, 5) is 30.8. The number of rotatable bonds is 18. The van der Waals surface area contributed by atoms with E-state index in [4.69, 9.17) is 4.18 Å². The van der Waals surface area contributed by atoms with Gasteiger partial charge in [-0.15, -0.1) is 0 Å². The van der Waals surface area contributed by atoms with Crippen molar-refractivity contribution in [1.82, 2.24) is 19.1 Å². The van der Waals surface area contributed by atoms with Crippen molar-refractivity contribution in [2.24, 2.45) is 7.05 Å². The molecule has 0 aliphatic rings. The fraction of sp³-hybridized carbons (Fsp3) is 0.808. The Balaban J connectivity index is 0.00000281. The van der Waals surface area contributed by atoms with Crippen molar-refractivity contribution in [3.8, 4) is 0 Å². The molecule has 0 aromatic carbocycles. The van der Waals surface area contributed by atoms with Gasteiger partial charge in [-0.25, -0.2) is 9.78 Å². The quantitative estimate of drug-likeness (QED) is 0.188. The summed E-state index contributed by atoms with van der Waals surface area (Å²) >= 11 is 1.47. The Labute approximate surface area is 210 Å². The fourth-order valence-corrected chi connectivity index (χ4v) is 4.54. The molecule has 7 nitrogen and oxygen atoms in total. The summed E-state index contributed by atoms with van der Waals surface area (Å²) in [7, 11) is 1.64. The molecule has 0 amide bonds. The van der Waals surface area contributed by atoms with Crippen LogP contribution in [0, 0.1) is 6.92 Å². The fourth-order valence-electron chi connectivity index (χ4n) is 4.25. The monoisotopic (exact) mass is 496 g/mol. The van der Waals surface area contributed by atoms with Gasteiger partial charge < -0.3 is 8.75 Å². The molecule has 196 valence electrons. The van der Waals surface area contributed by atoms with Crippen LogP contribution in [0.15, 0.2) is 9.59 Å². The van der Waals surface area contributed by atoms with Gasteiger partial charge in [0.1, 0.15) is 5.82 Å². The lowest BCUT2D eigenvalue weighted by Crippen LogP contribution is -2.29. The number of aromatic amines is 1. The summed E-state index contributed by atoms with van der Waals surface area (Å²) in [6.45, 7) is 7.56. The molecule has 0 atom stereocenters. The molecule has 0 spiro atoms. The summed E-state index contributed by atoms with van der Waals surface area (Å²) in [6.07, 6.45) is 20.1. The molecule has 1 N–H and O–H groups in total. The van der Waals surface area contributed by atoms with Gasteiger partial charge in [0.15, 0.2) is 11.2 Å². The Kier molecular flexibility index (Phi) is 16.8. The lowest BCUT2D eigenvalue weighted by Gasteiger charge is -2.07. The summed E-state index contributed by atoms with van der Waals surface area (Å²) in [6, 6.07) is 0. The van der Waals surface area contributed by atoms with Crippen LogP contribution in [0.4, 0.5) is 0 Å². The first-order valence-electron chi connectivity index (χ1n) is 13.4. The van der Waals surface area contributed by atoms with Crippen LogP contribution >= 0.6 is 12.0 Å². The summed E-state index contributed by atoms with van der Waals surface area (Å²) in [5.74, 6) is 0.788. The van der Waals surface area contributed by atoms with Gasteiger partial charge in [-0.2, -0.15) is 0 Å². The van der Waals surface area contributed by atoms with Crippen LogP contribution in [0.1, 0.15) is 110 Å². The second-order valence-electron chi connectivity index (χ2n) is 8.74. The third kappa shape index (κ3) is 10.8. The Morgan fingerprint density at radius 1 is 0.824 bits per heavy atom. The van der Waals surface area contributed by atoms with E-state index in [0.717, 1.165) is 31.8 Å². The molecule has 0 radical (unpaired) electrons. The van der Waals surface area contributed by atoms with E-state index in [1.54, 1.807) is 7.05 Å². The number of hydrogen-bond donors (Lipinski definition) is 1. The van der Waals surface area contributed by atoms with Crippen LogP contribution in [0.3, 0.4) is 0 Å². The Morgan fingerprint density at radius 2 is 1.29 bits per heavy atom. The maximum atomic E-state index is 12.2. The van der Waals surface area contributed by atoms with Crippen molar-refractivity contribution in [2.45, 2.75) is 117 Å². The highest BCUT2D eigenvalue weighted by Crippen LogP contribution is 2.15. The summed E-state index contributed by atoms with van der Waals surface area (Å²) in [5, 5.41) is 0. The van der Waals surface area contributed by atoms with Crippen LogP contribution < -0.4 is 11.2 Å². The minimum atomic E-state index is -0.417. The van der Waals surface area contributed by atoms with Crippen molar-refractivity contribution in [3.63, 3.8) is 0 Å². The van der Waals surface area contributed by atoms with E-state index in [-0.39, 0.29) is 5.56 Å². The van der Waals surface area contributed by atoms with E-state index in [9.17, 15) is 9.59 Å². The predicted molar refractivity (Wildman–Crippen MR) is 146 cm³/mol. The smallest absolute Gasteiger partial charge is 0.322 e. The number of H-pyrrole nitrogens is 1. The molecule has 34 heavy (non-hydrogen) atoms. The third-order valence-corrected chi connectivity index (χ3v) is 6.58. The molecule has 0 aliphatic heterocycles. The van der Waals surface area contributed by atoms with Gasteiger partial charge >= 0.3 is 5.69 Å². The minimum absolute atomic E-state index is 0.343. The number of fused-ring (bicyclic) bond motifs is 1. The highest BCUT2D eigenvalue weighted by molar-refractivity contribution is 7.93. The molecular formula is C26H48N4O3S. The van der Waals surface area contributed by atoms with E-state index in [1.807, 2.05) is 31.6 Å². The van der Waals surface area contributed by atoms with Crippen molar-refractivity contribution in [1.29, 1.82) is 0 Å². The zero-order chi connectivity index (χ0) is 25.2. The van der Waals surface area contributed by atoms with E-state index in [0.29, 0.717) is 11.2 Å². The first-order chi connectivity index (χ1) is 16.6. The molecule has 0 saturated heterocycles. The van der Waals surface area contributed by atoms with Crippen LogP contribution in [-0.2, 0) is 17.8 Å². The van der Waals surface area contributed by atoms with Gasteiger partial charge in [0.2, 0.25) is 0 Å². The Hall–Kier alpha value is -1.54. The second-order valence-corrected chi connectivity index (χ2v) is 9.31. The second kappa shape index (κ2) is 18.7. The molecule has 2 heterocycles. The first-order valence-corrected chi connectivity index (χ1v) is 14.5. The molecule has 0 bridgehead atoms. The highest BCUT2D eigenvalue weighted by Gasteiger charge is 2.14. The van der Waals surface area contributed by atoms with E-state index in [2.05, 4.69) is 9.97 Å². The molecule has 0 unspecified atom stereocenters. The van der Waals surface area contributed by atoms with Gasteiger partial charge in [0.25, 0.3) is 5.56 Å². The van der Waals surface area contributed by atoms with Crippen molar-refractivity contribution in [2.75, 3.05) is 12.9 Å². The zero-order valence-electron chi connectivity index (χ0n) is 22.3. The lowest BCUT2D eigenvalue weighted by atomic mass is 10.0. The van der Waals surface area contributed by atoms with E-state index < -0.39 is 5.69 Å². The van der Waals surface area contributed by atoms with Crippen LogP contribution in [0.25, 0.3) is 11.2 Å². The van der Waals surface area contributed by atoms with Gasteiger partial charge in [-0.1, -0.05) is 90.9 Å². The Bertz CT molecular complexity index is 904. The highest BCUT2D eigenvalue weighted by atomic mass is 32.2. The molecule has 2 aromatic rings. The predicted octanol–water partition coefficient (Wildman–Crippen LogP) is 6.51. The van der Waals surface area contributed by atoms with Crippen LogP contribution in [0.5, 0.6) is 0 Å². The number of imidazole rings is 1. The van der Waals surface area contributed by atoms with Gasteiger partial charge in [-0.3, -0.25) is 14.3 Å². The summed E-state index contributed by atoms with van der Waals surface area (Å²) in [5.41, 5.74) is 0.218. The lowest BCUT2D eigenvalue weighted by molar-refractivity contribution is 0.356. The van der Waals surface area contributed by atoms with Gasteiger partial charge in [-0.05, 0) is 31.8 Å². The molecule has 0 saturated carbocycles. The molecule has 2 aromatic heterocycles. The summed E-state index contributed by atoms with van der Waals surface area (Å²) < 4.78 is 8.64. The number of unbranched alkanes of at least 4 members (excludes halogenated alkanes) is 13. The maximum Gasteiger partial charge on any atom is 0.329 e. The van der Waals surface area contributed by atoms with E-state index >= 15 is 0 Å². The minimum Gasteiger partial charge on any atom is -0.322 e. The molecule has 0 fully saturated rings. The van der Waals surface area contributed by atoms with Gasteiger partial charge in [0, 0.05) is 19.8 Å². The zero-order valence-corrected chi connectivity index (χ0v) is 23.1. The molecule has 2 rings (SSSR count). The maximum absolute atomic E-state index is 12.2. The first kappa shape index (κ1) is 30.5. The number of aryl methyl sites for hydroxylation is 3. The Morgan fingerprint density at radius 3 is 1.79 bits per heavy atom. The number of nitrogens with zero attached hydrogens (tertiary/aromatic N) is 3.